The number of hydrogen-bond donors (Lipinski definition) is 0. The minimum atomic E-state index is -0.413. The van der Waals surface area contributed by atoms with Crippen LogP contribution < -0.4 is 0 Å². The Morgan fingerprint density at radius 1 is 0.415 bits per heavy atom. The van der Waals surface area contributed by atoms with Crippen molar-refractivity contribution in [3.8, 4) is 0 Å². The molecule has 0 rings (SSSR count). The van der Waals surface area contributed by atoms with Crippen LogP contribution in [0.1, 0.15) is 203 Å². The number of ether oxygens (including phenoxy) is 4. The van der Waals surface area contributed by atoms with E-state index in [1.54, 1.807) is 0 Å². The largest absolute Gasteiger partial charge is 0.468 e. The van der Waals surface area contributed by atoms with Gasteiger partial charge in [0.25, 0.3) is 0 Å². The predicted octanol–water partition coefficient (Wildman–Crippen LogP) is 11.3. The molecule has 8 nitrogen and oxygen atoms in total. The first kappa shape index (κ1) is 51.8. The molecule has 0 aromatic carbocycles. The molecule has 8 heteroatoms. The van der Waals surface area contributed by atoms with Crippen LogP contribution in [0.5, 0.6) is 0 Å². The first-order valence-electron chi connectivity index (χ1n) is 22.2. The summed E-state index contributed by atoms with van der Waals surface area (Å²) in [7, 11) is 2.96. The molecule has 0 radical (unpaired) electrons. The number of nitrogens with zero attached hydrogens (tertiary/aromatic N) is 2. The Kier molecular flexibility index (Phi) is 32.2. The van der Waals surface area contributed by atoms with Gasteiger partial charge in [-0.25, -0.2) is 0 Å². The molecule has 0 amide bonds. The van der Waals surface area contributed by atoms with Crippen molar-refractivity contribution in [2.45, 2.75) is 226 Å². The maximum absolute atomic E-state index is 13.1. The van der Waals surface area contributed by atoms with Crippen LogP contribution in [0.15, 0.2) is 0 Å². The highest BCUT2D eigenvalue weighted by Gasteiger charge is 2.30. The van der Waals surface area contributed by atoms with E-state index in [4.69, 9.17) is 18.9 Å². The fourth-order valence-corrected chi connectivity index (χ4v) is 6.83. The van der Waals surface area contributed by atoms with E-state index in [9.17, 15) is 9.59 Å². The minimum Gasteiger partial charge on any atom is -0.468 e. The first-order valence-corrected chi connectivity index (χ1v) is 22.2. The van der Waals surface area contributed by atoms with Crippen molar-refractivity contribution in [3.63, 3.8) is 0 Å². The van der Waals surface area contributed by atoms with Crippen LogP contribution in [0.3, 0.4) is 0 Å². The molecular formula is C45H90N2O6. The molecule has 0 aliphatic carbocycles. The Balaban J connectivity index is 5.31. The summed E-state index contributed by atoms with van der Waals surface area (Å²) in [5.41, 5.74) is -0.667. The molecular weight excluding hydrogens is 665 g/mol. The summed E-state index contributed by atoms with van der Waals surface area (Å²) in [5.74, 6) is -0.437. The average molecular weight is 755 g/mol. The fourth-order valence-electron chi connectivity index (χ4n) is 6.83. The van der Waals surface area contributed by atoms with Gasteiger partial charge in [0.05, 0.1) is 38.6 Å². The molecule has 2 atom stereocenters. The molecule has 0 saturated heterocycles. The SMILES string of the molecule is CCCCCCCCCCCCN(CCCCCN(CCCCCCCCCCCC)[C@@H](COC(C)(C)C)C(=O)OC)[C@@H](COC(C)(C)C)C(=O)OC. The number of carbonyl (C=O) groups is 2. The van der Waals surface area contributed by atoms with Gasteiger partial charge in [0, 0.05) is 0 Å². The molecule has 0 aromatic rings. The van der Waals surface area contributed by atoms with Crippen molar-refractivity contribution < 1.29 is 28.5 Å². The Morgan fingerprint density at radius 3 is 0.868 bits per heavy atom. The smallest absolute Gasteiger partial charge is 0.325 e. The van der Waals surface area contributed by atoms with Gasteiger partial charge in [-0.1, -0.05) is 136 Å². The molecule has 0 aliphatic rings. The van der Waals surface area contributed by atoms with Gasteiger partial charge in [-0.15, -0.1) is 0 Å². The van der Waals surface area contributed by atoms with Gasteiger partial charge in [0.15, 0.2) is 0 Å². The van der Waals surface area contributed by atoms with E-state index in [0.717, 1.165) is 58.3 Å². The summed E-state index contributed by atoms with van der Waals surface area (Å²) in [6.07, 6.45) is 28.6. The molecule has 0 fully saturated rings. The molecule has 0 heterocycles. The topological polar surface area (TPSA) is 77.5 Å². The van der Waals surface area contributed by atoms with Crippen molar-refractivity contribution in [2.24, 2.45) is 0 Å². The molecule has 316 valence electrons. The highest BCUT2D eigenvalue weighted by atomic mass is 16.5. The van der Waals surface area contributed by atoms with Gasteiger partial charge in [-0.2, -0.15) is 0 Å². The van der Waals surface area contributed by atoms with Crippen molar-refractivity contribution in [1.29, 1.82) is 0 Å². The molecule has 0 spiro atoms. The Bertz CT molecular complexity index is 787. The average Bonchev–Trinajstić information content (AvgIpc) is 3.10. The number of hydrogen-bond acceptors (Lipinski definition) is 8. The van der Waals surface area contributed by atoms with E-state index in [1.807, 2.05) is 41.5 Å². The van der Waals surface area contributed by atoms with Gasteiger partial charge in [-0.3, -0.25) is 19.4 Å². The van der Waals surface area contributed by atoms with Gasteiger partial charge in [-0.05, 0) is 93.4 Å². The Hall–Kier alpha value is -1.22. The van der Waals surface area contributed by atoms with Gasteiger partial charge >= 0.3 is 11.9 Å². The van der Waals surface area contributed by atoms with Gasteiger partial charge < -0.3 is 18.9 Å². The third-order valence-electron chi connectivity index (χ3n) is 10.2. The van der Waals surface area contributed by atoms with E-state index < -0.39 is 12.1 Å². The zero-order valence-electron chi connectivity index (χ0n) is 37.0. The molecule has 53 heavy (non-hydrogen) atoms. The molecule has 0 aromatic heterocycles. The molecule has 0 aliphatic heterocycles. The Morgan fingerprint density at radius 2 is 0.642 bits per heavy atom. The molecule has 0 unspecified atom stereocenters. The Labute approximate surface area is 329 Å². The molecule has 0 saturated carbocycles. The van der Waals surface area contributed by atoms with E-state index >= 15 is 0 Å². The summed E-state index contributed by atoms with van der Waals surface area (Å²) in [6, 6.07) is -0.826. The van der Waals surface area contributed by atoms with Gasteiger partial charge in [0.1, 0.15) is 12.1 Å². The molecule has 0 bridgehead atoms. The summed E-state index contributed by atoms with van der Waals surface area (Å²) in [4.78, 5) is 30.7. The number of esters is 2. The van der Waals surface area contributed by atoms with Gasteiger partial charge in [0.2, 0.25) is 0 Å². The van der Waals surface area contributed by atoms with Crippen molar-refractivity contribution >= 4 is 11.9 Å². The highest BCUT2D eigenvalue weighted by Crippen LogP contribution is 2.18. The fraction of sp³-hybridized carbons (Fsp3) is 0.956. The van der Waals surface area contributed by atoms with Crippen LogP contribution in [0.25, 0.3) is 0 Å². The van der Waals surface area contributed by atoms with Crippen molar-refractivity contribution in [3.05, 3.63) is 0 Å². The summed E-state index contributed by atoms with van der Waals surface area (Å²) < 4.78 is 22.9. The van der Waals surface area contributed by atoms with E-state index in [0.29, 0.717) is 13.2 Å². The molecule has 0 N–H and O–H groups in total. The maximum atomic E-state index is 13.1. The summed E-state index contributed by atoms with van der Waals surface area (Å²) in [6.45, 7) is 20.7. The van der Waals surface area contributed by atoms with E-state index in [2.05, 4.69) is 23.6 Å². The zero-order valence-corrected chi connectivity index (χ0v) is 37.0. The number of rotatable bonds is 36. The van der Waals surface area contributed by atoms with Crippen molar-refractivity contribution in [1.82, 2.24) is 9.80 Å². The third kappa shape index (κ3) is 30.7. The maximum Gasteiger partial charge on any atom is 0.325 e. The zero-order chi connectivity index (χ0) is 39.8. The number of carbonyl (C=O) groups excluding carboxylic acids is 2. The van der Waals surface area contributed by atoms with Crippen LogP contribution in [0, 0.1) is 0 Å². The lowest BCUT2D eigenvalue weighted by Crippen LogP contribution is -2.47. The van der Waals surface area contributed by atoms with Crippen LogP contribution >= 0.6 is 0 Å². The third-order valence-corrected chi connectivity index (χ3v) is 10.2. The minimum absolute atomic E-state index is 0.219. The second-order valence-electron chi connectivity index (χ2n) is 17.4. The van der Waals surface area contributed by atoms with Crippen LogP contribution in [-0.4, -0.2) is 98.6 Å². The second-order valence-corrected chi connectivity index (χ2v) is 17.4. The predicted molar refractivity (Wildman–Crippen MR) is 224 cm³/mol. The van der Waals surface area contributed by atoms with E-state index in [-0.39, 0.29) is 23.1 Å². The monoisotopic (exact) mass is 755 g/mol. The highest BCUT2D eigenvalue weighted by molar-refractivity contribution is 5.76. The number of unbranched alkanes of at least 4 members (excludes halogenated alkanes) is 20. The lowest BCUT2D eigenvalue weighted by Gasteiger charge is -2.33. The van der Waals surface area contributed by atoms with Crippen molar-refractivity contribution in [2.75, 3.05) is 53.6 Å². The van der Waals surface area contributed by atoms with Crippen LogP contribution in [-0.2, 0) is 28.5 Å². The standard InChI is InChI=1S/C45H90N2O6/c1-11-13-15-17-19-21-23-25-27-30-34-46(40(42(48)50-9)38-52-44(3,4)5)36-32-29-33-37-47(41(43(49)51-10)39-53-45(6,7)8)35-31-28-26-24-22-20-18-16-14-12-2/h40-41H,11-39H2,1-10H3/t40-,41-/m0/s1. The normalized spacial score (nSPS) is 13.5. The lowest BCUT2D eigenvalue weighted by molar-refractivity contribution is -0.152. The van der Waals surface area contributed by atoms with E-state index in [1.165, 1.54) is 130 Å². The number of methoxy groups -OCH3 is 2. The van der Waals surface area contributed by atoms with Crippen LogP contribution in [0.2, 0.25) is 0 Å². The first-order chi connectivity index (χ1) is 25.3. The van der Waals surface area contributed by atoms with Crippen LogP contribution in [0.4, 0.5) is 0 Å². The second kappa shape index (κ2) is 33.0. The quantitative estimate of drug-likeness (QED) is 0.0462. The lowest BCUT2D eigenvalue weighted by atomic mass is 10.1. The summed E-state index contributed by atoms with van der Waals surface area (Å²) >= 11 is 0. The summed E-state index contributed by atoms with van der Waals surface area (Å²) in [5, 5.41) is 0.